The summed E-state index contributed by atoms with van der Waals surface area (Å²) < 4.78 is 5.79. The Labute approximate surface area is 194 Å². The predicted octanol–water partition coefficient (Wildman–Crippen LogP) is 7.19. The minimum Gasteiger partial charge on any atom is -0.481 e. The van der Waals surface area contributed by atoms with E-state index in [0.717, 1.165) is 16.7 Å². The summed E-state index contributed by atoms with van der Waals surface area (Å²) in [5.41, 5.74) is 3.64. The first kappa shape index (κ1) is 21.4. The number of nitrogens with zero attached hydrogens (tertiary/aromatic N) is 1. The third-order valence-corrected chi connectivity index (χ3v) is 5.89. The van der Waals surface area contributed by atoms with E-state index in [0.29, 0.717) is 26.6 Å². The van der Waals surface area contributed by atoms with E-state index >= 15 is 0 Å². The Balaban J connectivity index is 1.38. The zero-order valence-electron chi connectivity index (χ0n) is 16.5. The highest BCUT2D eigenvalue weighted by Crippen LogP contribution is 2.32. The van der Waals surface area contributed by atoms with E-state index < -0.39 is 6.10 Å². The Morgan fingerprint density at radius 1 is 1.00 bits per heavy atom. The molecule has 4 rings (SSSR count). The van der Waals surface area contributed by atoms with Crippen molar-refractivity contribution < 1.29 is 9.53 Å². The number of hydrogen-bond donors (Lipinski definition) is 1. The fraction of sp³-hybridized carbons (Fsp3) is 0.0833. The second kappa shape index (κ2) is 9.52. The Morgan fingerprint density at radius 3 is 2.42 bits per heavy atom. The van der Waals surface area contributed by atoms with Crippen LogP contribution < -0.4 is 10.1 Å². The van der Waals surface area contributed by atoms with Gasteiger partial charge < -0.3 is 4.74 Å². The molecule has 0 fully saturated rings. The number of halogens is 2. The van der Waals surface area contributed by atoms with Crippen molar-refractivity contribution in [2.24, 2.45) is 0 Å². The van der Waals surface area contributed by atoms with Crippen molar-refractivity contribution in [1.82, 2.24) is 4.98 Å². The van der Waals surface area contributed by atoms with Crippen LogP contribution in [0.3, 0.4) is 0 Å². The predicted molar refractivity (Wildman–Crippen MR) is 128 cm³/mol. The van der Waals surface area contributed by atoms with E-state index in [1.165, 1.54) is 11.3 Å². The molecule has 1 atom stereocenters. The zero-order chi connectivity index (χ0) is 21.8. The second-order valence-electron chi connectivity index (χ2n) is 6.80. The Kier molecular flexibility index (Phi) is 6.56. The van der Waals surface area contributed by atoms with Gasteiger partial charge in [0, 0.05) is 16.0 Å². The molecule has 1 amide bonds. The molecule has 0 saturated heterocycles. The minimum absolute atomic E-state index is 0.282. The van der Waals surface area contributed by atoms with Crippen LogP contribution >= 0.6 is 34.5 Å². The highest BCUT2D eigenvalue weighted by molar-refractivity contribution is 7.14. The third-order valence-electron chi connectivity index (χ3n) is 4.58. The van der Waals surface area contributed by atoms with Crippen LogP contribution in [-0.2, 0) is 4.79 Å². The maximum absolute atomic E-state index is 12.5. The van der Waals surface area contributed by atoms with Crippen molar-refractivity contribution in [3.8, 4) is 28.1 Å². The Bertz CT molecular complexity index is 1190. The average Bonchev–Trinajstić information content (AvgIpc) is 3.23. The van der Waals surface area contributed by atoms with E-state index in [1.54, 1.807) is 25.1 Å². The number of aromatic nitrogens is 1. The molecule has 1 unspecified atom stereocenters. The number of hydrogen-bond acceptors (Lipinski definition) is 4. The minimum atomic E-state index is -0.686. The number of carbonyl (C=O) groups excluding carboxylic acids is 1. The van der Waals surface area contributed by atoms with E-state index in [9.17, 15) is 4.79 Å². The van der Waals surface area contributed by atoms with Gasteiger partial charge in [-0.15, -0.1) is 11.3 Å². The number of rotatable bonds is 6. The number of nitrogens with one attached hydrogen (secondary N) is 1. The Hall–Kier alpha value is -2.86. The monoisotopic (exact) mass is 468 g/mol. The molecule has 0 aliphatic carbocycles. The smallest absolute Gasteiger partial charge is 0.266 e. The maximum Gasteiger partial charge on any atom is 0.266 e. The van der Waals surface area contributed by atoms with Gasteiger partial charge in [0.25, 0.3) is 5.91 Å². The summed E-state index contributed by atoms with van der Waals surface area (Å²) in [6.45, 7) is 1.70. The van der Waals surface area contributed by atoms with Crippen molar-refractivity contribution in [2.45, 2.75) is 13.0 Å². The van der Waals surface area contributed by atoms with Crippen LogP contribution in [0.2, 0.25) is 10.0 Å². The number of amides is 1. The SMILES string of the molecule is CC(Oc1ccc(-c2ccccc2)cc1)C(=O)Nc1nc(-c2ccc(Cl)cc2Cl)cs1. The molecule has 3 aromatic carbocycles. The summed E-state index contributed by atoms with van der Waals surface area (Å²) in [6, 6.07) is 22.9. The molecule has 1 aromatic heterocycles. The molecular formula is C24H18Cl2N2O2S. The van der Waals surface area contributed by atoms with Crippen LogP contribution in [-0.4, -0.2) is 17.0 Å². The highest BCUT2D eigenvalue weighted by atomic mass is 35.5. The Morgan fingerprint density at radius 2 is 1.71 bits per heavy atom. The molecule has 0 bridgehead atoms. The second-order valence-corrected chi connectivity index (χ2v) is 8.50. The van der Waals surface area contributed by atoms with Gasteiger partial charge in [0.15, 0.2) is 11.2 Å². The summed E-state index contributed by atoms with van der Waals surface area (Å²) in [5.74, 6) is 0.338. The summed E-state index contributed by atoms with van der Waals surface area (Å²) in [7, 11) is 0. The lowest BCUT2D eigenvalue weighted by Gasteiger charge is -2.14. The summed E-state index contributed by atoms with van der Waals surface area (Å²) in [4.78, 5) is 17.0. The van der Waals surface area contributed by atoms with Gasteiger partial charge in [-0.1, -0.05) is 65.7 Å². The lowest BCUT2D eigenvalue weighted by molar-refractivity contribution is -0.122. The lowest BCUT2D eigenvalue weighted by Crippen LogP contribution is -2.30. The number of carbonyl (C=O) groups is 1. The zero-order valence-corrected chi connectivity index (χ0v) is 18.8. The van der Waals surface area contributed by atoms with E-state index in [2.05, 4.69) is 10.3 Å². The van der Waals surface area contributed by atoms with Crippen molar-refractivity contribution >= 4 is 45.6 Å². The average molecular weight is 469 g/mol. The van der Waals surface area contributed by atoms with Crippen LogP contribution in [0.25, 0.3) is 22.4 Å². The van der Waals surface area contributed by atoms with Crippen LogP contribution in [0.15, 0.2) is 78.2 Å². The maximum atomic E-state index is 12.5. The molecule has 0 saturated carbocycles. The van der Waals surface area contributed by atoms with Gasteiger partial charge in [0.05, 0.1) is 10.7 Å². The number of anilines is 1. The molecule has 156 valence electrons. The molecule has 4 aromatic rings. The van der Waals surface area contributed by atoms with Gasteiger partial charge in [-0.25, -0.2) is 4.98 Å². The van der Waals surface area contributed by atoms with Gasteiger partial charge in [0.1, 0.15) is 5.75 Å². The largest absolute Gasteiger partial charge is 0.481 e. The molecule has 0 spiro atoms. The first-order valence-corrected chi connectivity index (χ1v) is 11.2. The molecule has 7 heteroatoms. The first-order chi connectivity index (χ1) is 15.0. The van der Waals surface area contributed by atoms with Crippen LogP contribution in [0, 0.1) is 0 Å². The van der Waals surface area contributed by atoms with Crippen molar-refractivity contribution in [3.63, 3.8) is 0 Å². The first-order valence-electron chi connectivity index (χ1n) is 9.53. The van der Waals surface area contributed by atoms with E-state index in [1.807, 2.05) is 60.0 Å². The standard InChI is InChI=1S/C24H18Cl2N2O2S/c1-15(30-19-10-7-17(8-11-19)16-5-3-2-4-6-16)23(29)28-24-27-22(14-31-24)20-12-9-18(25)13-21(20)26/h2-15H,1H3,(H,27,28,29). The van der Waals surface area contributed by atoms with E-state index in [4.69, 9.17) is 27.9 Å². The lowest BCUT2D eigenvalue weighted by atomic mass is 10.1. The number of ether oxygens (including phenoxy) is 1. The molecule has 0 aliphatic heterocycles. The van der Waals surface area contributed by atoms with Gasteiger partial charge in [-0.2, -0.15) is 0 Å². The quantitative estimate of drug-likeness (QED) is 0.325. The van der Waals surface area contributed by atoms with Crippen molar-refractivity contribution in [2.75, 3.05) is 5.32 Å². The van der Waals surface area contributed by atoms with Gasteiger partial charge >= 0.3 is 0 Å². The topological polar surface area (TPSA) is 51.2 Å². The summed E-state index contributed by atoms with van der Waals surface area (Å²) >= 11 is 13.5. The fourth-order valence-corrected chi connectivity index (χ4v) is 4.19. The molecular weight excluding hydrogens is 451 g/mol. The fourth-order valence-electron chi connectivity index (χ4n) is 2.97. The number of thiazole rings is 1. The van der Waals surface area contributed by atoms with Crippen molar-refractivity contribution in [3.05, 3.63) is 88.2 Å². The molecule has 1 heterocycles. The number of benzene rings is 3. The van der Waals surface area contributed by atoms with Crippen LogP contribution in [0.5, 0.6) is 5.75 Å². The molecule has 1 N–H and O–H groups in total. The third kappa shape index (κ3) is 5.25. The summed E-state index contributed by atoms with van der Waals surface area (Å²) in [5, 5.41) is 6.16. The molecule has 31 heavy (non-hydrogen) atoms. The highest BCUT2D eigenvalue weighted by Gasteiger charge is 2.17. The van der Waals surface area contributed by atoms with Crippen molar-refractivity contribution in [1.29, 1.82) is 0 Å². The molecule has 0 radical (unpaired) electrons. The van der Waals surface area contributed by atoms with Crippen LogP contribution in [0.4, 0.5) is 5.13 Å². The van der Waals surface area contributed by atoms with Gasteiger partial charge in [-0.3, -0.25) is 10.1 Å². The van der Waals surface area contributed by atoms with Gasteiger partial charge in [-0.05, 0) is 48.4 Å². The molecule has 0 aliphatic rings. The van der Waals surface area contributed by atoms with E-state index in [-0.39, 0.29) is 5.91 Å². The van der Waals surface area contributed by atoms with Crippen LogP contribution in [0.1, 0.15) is 6.92 Å². The normalized spacial score (nSPS) is 11.7. The molecule has 4 nitrogen and oxygen atoms in total. The van der Waals surface area contributed by atoms with Gasteiger partial charge in [0.2, 0.25) is 0 Å². The summed E-state index contributed by atoms with van der Waals surface area (Å²) in [6.07, 6.45) is -0.686.